The Morgan fingerprint density at radius 2 is 1.21 bits per heavy atom. The lowest BCUT2D eigenvalue weighted by Gasteiger charge is -2.26. The molecule has 0 aromatic heterocycles. The monoisotopic (exact) mass is 490 g/mol. The molecular weight excluding hydrogens is 456 g/mol. The number of aliphatic hydroxyl groups excluding tert-OH is 1. The van der Waals surface area contributed by atoms with Crippen LogP contribution in [0.1, 0.15) is 52.9 Å². The van der Waals surface area contributed by atoms with E-state index in [1.54, 1.807) is 13.8 Å². The Balaban J connectivity index is 5.54. The maximum atomic E-state index is 12.9. The number of amides is 3. The fourth-order valence-electron chi connectivity index (χ4n) is 2.84. The molecule has 0 aliphatic rings. The molecule has 0 bridgehead atoms. The van der Waals surface area contributed by atoms with E-state index in [0.717, 1.165) is 6.92 Å². The summed E-state index contributed by atoms with van der Waals surface area (Å²) in [6.07, 6.45) is -2.82. The molecule has 34 heavy (non-hydrogen) atoms. The second-order valence-corrected chi connectivity index (χ2v) is 8.29. The van der Waals surface area contributed by atoms with Crippen molar-refractivity contribution < 1.29 is 49.2 Å². The smallest absolute Gasteiger partial charge is 0.328 e. The van der Waals surface area contributed by atoms with Gasteiger partial charge in [-0.25, -0.2) is 4.79 Å². The summed E-state index contributed by atoms with van der Waals surface area (Å²) in [6.45, 7) is 4.64. The fraction of sp³-hybridized carbons (Fsp3) is 0.700. The van der Waals surface area contributed by atoms with Gasteiger partial charge in [0.25, 0.3) is 0 Å². The van der Waals surface area contributed by atoms with Crippen LogP contribution in [0.3, 0.4) is 0 Å². The largest absolute Gasteiger partial charge is 0.481 e. The number of hydrogen-bond donors (Lipinski definition) is 8. The van der Waals surface area contributed by atoms with E-state index < -0.39 is 72.3 Å². The summed E-state index contributed by atoms with van der Waals surface area (Å²) in [4.78, 5) is 70.7. The highest BCUT2D eigenvalue weighted by Crippen LogP contribution is 2.08. The van der Waals surface area contributed by atoms with E-state index in [9.17, 15) is 33.9 Å². The first-order valence-corrected chi connectivity index (χ1v) is 10.7. The van der Waals surface area contributed by atoms with Crippen LogP contribution in [0, 0.1) is 5.92 Å². The number of nitrogens with one attached hydrogen (secondary N) is 3. The van der Waals surface area contributed by atoms with Crippen molar-refractivity contribution in [3.05, 3.63) is 0 Å². The lowest BCUT2D eigenvalue weighted by Crippen LogP contribution is -2.58. The van der Waals surface area contributed by atoms with Crippen LogP contribution < -0.4 is 21.7 Å². The SMILES string of the molecule is CC(C)CC(NC(=O)C(N)CCC(=O)O)C(=O)NC(CCC(=O)O)C(=O)NC(C(=O)O)C(C)O. The van der Waals surface area contributed by atoms with Crippen molar-refractivity contribution in [2.24, 2.45) is 11.7 Å². The zero-order valence-corrected chi connectivity index (χ0v) is 19.3. The van der Waals surface area contributed by atoms with Gasteiger partial charge >= 0.3 is 17.9 Å². The Morgan fingerprint density at radius 3 is 1.65 bits per heavy atom. The predicted molar refractivity (Wildman–Crippen MR) is 116 cm³/mol. The van der Waals surface area contributed by atoms with Crippen molar-refractivity contribution >= 4 is 35.6 Å². The van der Waals surface area contributed by atoms with Crippen molar-refractivity contribution in [1.29, 1.82) is 0 Å². The van der Waals surface area contributed by atoms with E-state index >= 15 is 0 Å². The topological polar surface area (TPSA) is 245 Å². The number of hydrogen-bond acceptors (Lipinski definition) is 8. The van der Waals surface area contributed by atoms with Gasteiger partial charge in [0.15, 0.2) is 6.04 Å². The minimum absolute atomic E-state index is 0.107. The summed E-state index contributed by atoms with van der Waals surface area (Å²) in [7, 11) is 0. The summed E-state index contributed by atoms with van der Waals surface area (Å²) < 4.78 is 0. The van der Waals surface area contributed by atoms with Crippen LogP contribution in [0.15, 0.2) is 0 Å². The average molecular weight is 491 g/mol. The average Bonchev–Trinajstić information content (AvgIpc) is 2.70. The molecule has 0 aliphatic carbocycles. The minimum atomic E-state index is -1.70. The Labute approximate surface area is 196 Å². The molecule has 0 radical (unpaired) electrons. The van der Waals surface area contributed by atoms with E-state index in [2.05, 4.69) is 16.0 Å². The van der Waals surface area contributed by atoms with Crippen molar-refractivity contribution in [2.45, 2.75) is 83.1 Å². The summed E-state index contributed by atoms with van der Waals surface area (Å²) in [5, 5.41) is 43.1. The number of carbonyl (C=O) groups excluding carboxylic acids is 3. The molecule has 0 rings (SSSR count). The van der Waals surface area contributed by atoms with E-state index in [1.807, 2.05) is 0 Å². The van der Waals surface area contributed by atoms with Crippen LogP contribution in [-0.2, 0) is 28.8 Å². The molecule has 0 aliphatic heterocycles. The highest BCUT2D eigenvalue weighted by atomic mass is 16.4. The lowest BCUT2D eigenvalue weighted by molar-refractivity contribution is -0.145. The molecule has 0 aromatic carbocycles. The molecule has 0 spiro atoms. The van der Waals surface area contributed by atoms with Gasteiger partial charge in [0.2, 0.25) is 17.7 Å². The van der Waals surface area contributed by atoms with Crippen LogP contribution in [-0.4, -0.2) is 86.3 Å². The first-order valence-electron chi connectivity index (χ1n) is 10.7. The molecule has 5 unspecified atom stereocenters. The van der Waals surface area contributed by atoms with Crippen LogP contribution in [0.25, 0.3) is 0 Å². The van der Waals surface area contributed by atoms with Gasteiger partial charge in [-0.2, -0.15) is 0 Å². The van der Waals surface area contributed by atoms with Crippen LogP contribution >= 0.6 is 0 Å². The van der Waals surface area contributed by atoms with E-state index in [4.69, 9.17) is 21.1 Å². The molecule has 194 valence electrons. The van der Waals surface area contributed by atoms with Gasteiger partial charge in [-0.3, -0.25) is 24.0 Å². The van der Waals surface area contributed by atoms with Crippen molar-refractivity contribution in [1.82, 2.24) is 16.0 Å². The Bertz CT molecular complexity index is 756. The molecule has 3 amide bonds. The second-order valence-electron chi connectivity index (χ2n) is 8.29. The zero-order chi connectivity index (χ0) is 26.6. The first kappa shape index (κ1) is 30.7. The molecule has 0 heterocycles. The molecule has 0 saturated heterocycles. The second kappa shape index (κ2) is 14.8. The first-order chi connectivity index (χ1) is 15.6. The Hall–Kier alpha value is -3.26. The van der Waals surface area contributed by atoms with Crippen LogP contribution in [0.5, 0.6) is 0 Å². The standard InChI is InChI=1S/C20H34N4O10/c1-9(2)8-13(23-17(30)11(21)4-6-14(26)27)19(32)22-12(5-7-15(28)29)18(31)24-16(10(3)25)20(33)34/h9-13,16,25H,4-8,21H2,1-3H3,(H,22,32)(H,23,30)(H,24,31)(H,26,27)(H,28,29)(H,33,34). The fourth-order valence-corrected chi connectivity index (χ4v) is 2.84. The zero-order valence-electron chi connectivity index (χ0n) is 19.3. The number of aliphatic carboxylic acids is 3. The number of nitrogens with two attached hydrogens (primary N) is 1. The van der Waals surface area contributed by atoms with Crippen molar-refractivity contribution in [2.75, 3.05) is 0 Å². The highest BCUT2D eigenvalue weighted by molar-refractivity contribution is 5.94. The van der Waals surface area contributed by atoms with E-state index in [-0.39, 0.29) is 31.6 Å². The molecule has 14 heteroatoms. The molecule has 5 atom stereocenters. The number of carboxylic acids is 3. The molecule has 0 saturated carbocycles. The number of carboxylic acid groups (broad SMARTS) is 3. The third-order valence-electron chi connectivity index (χ3n) is 4.67. The van der Waals surface area contributed by atoms with Crippen molar-refractivity contribution in [3.8, 4) is 0 Å². The third-order valence-corrected chi connectivity index (χ3v) is 4.67. The summed E-state index contributed by atoms with van der Waals surface area (Å²) in [5.41, 5.74) is 5.67. The number of aliphatic hydroxyl groups is 1. The summed E-state index contributed by atoms with van der Waals surface area (Å²) in [6, 6.07) is -5.56. The molecule has 0 fully saturated rings. The maximum Gasteiger partial charge on any atom is 0.328 e. The van der Waals surface area contributed by atoms with Gasteiger partial charge < -0.3 is 42.1 Å². The Kier molecular flexibility index (Phi) is 13.4. The normalized spacial score (nSPS) is 15.4. The van der Waals surface area contributed by atoms with E-state index in [1.165, 1.54) is 0 Å². The Morgan fingerprint density at radius 1 is 0.735 bits per heavy atom. The summed E-state index contributed by atoms with van der Waals surface area (Å²) >= 11 is 0. The van der Waals surface area contributed by atoms with Crippen molar-refractivity contribution in [3.63, 3.8) is 0 Å². The quantitative estimate of drug-likeness (QED) is 0.118. The molecular formula is C20H34N4O10. The molecule has 14 nitrogen and oxygen atoms in total. The highest BCUT2D eigenvalue weighted by Gasteiger charge is 2.32. The van der Waals surface area contributed by atoms with Gasteiger partial charge in [-0.05, 0) is 32.1 Å². The minimum Gasteiger partial charge on any atom is -0.481 e. The van der Waals surface area contributed by atoms with Gasteiger partial charge in [0, 0.05) is 12.8 Å². The number of carbonyl (C=O) groups is 6. The maximum absolute atomic E-state index is 12.9. The lowest BCUT2D eigenvalue weighted by atomic mass is 10.0. The van der Waals surface area contributed by atoms with Crippen LogP contribution in [0.4, 0.5) is 0 Å². The predicted octanol–water partition coefficient (Wildman–Crippen LogP) is -1.99. The molecule has 0 aromatic rings. The third kappa shape index (κ3) is 12.1. The van der Waals surface area contributed by atoms with E-state index in [0.29, 0.717) is 0 Å². The van der Waals surface area contributed by atoms with Crippen LogP contribution in [0.2, 0.25) is 0 Å². The van der Waals surface area contributed by atoms with Gasteiger partial charge in [0.05, 0.1) is 12.1 Å². The number of rotatable bonds is 16. The van der Waals surface area contributed by atoms with Gasteiger partial charge in [0.1, 0.15) is 12.1 Å². The summed E-state index contributed by atoms with van der Waals surface area (Å²) in [5.74, 6) is -6.72. The van der Waals surface area contributed by atoms with Gasteiger partial charge in [-0.15, -0.1) is 0 Å². The molecule has 9 N–H and O–H groups in total. The van der Waals surface area contributed by atoms with Gasteiger partial charge in [-0.1, -0.05) is 13.8 Å².